The molecule has 7 heteroatoms. The quantitative estimate of drug-likeness (QED) is 0.206. The van der Waals surface area contributed by atoms with Crippen molar-refractivity contribution in [1.82, 2.24) is 0 Å². The number of benzene rings is 3. The predicted octanol–water partition coefficient (Wildman–Crippen LogP) is 9.90. The van der Waals surface area contributed by atoms with Gasteiger partial charge in [0.15, 0.2) is 0 Å². The number of carbonyl (C=O) groups excluding carboxylic acids is 1. The number of thiophene rings is 1. The fourth-order valence-corrected chi connectivity index (χ4v) is 6.61. The van der Waals surface area contributed by atoms with Gasteiger partial charge in [-0.25, -0.2) is 4.99 Å². The van der Waals surface area contributed by atoms with E-state index in [1.165, 1.54) is 4.88 Å². The Kier molecular flexibility index (Phi) is 8.79. The van der Waals surface area contributed by atoms with Crippen LogP contribution in [0.25, 0.3) is 0 Å². The number of hydrogen-bond donors (Lipinski definition) is 1. The lowest BCUT2D eigenvalue weighted by Crippen LogP contribution is -2.27. The molecule has 0 spiro atoms. The molecule has 1 atom stereocenters. The van der Waals surface area contributed by atoms with Gasteiger partial charge in [0.1, 0.15) is 17.4 Å². The highest BCUT2D eigenvalue weighted by atomic mass is 79.9. The first-order chi connectivity index (χ1) is 19.2. The summed E-state index contributed by atoms with van der Waals surface area (Å²) in [4.78, 5) is 19.8. The molecule has 3 aromatic carbocycles. The van der Waals surface area contributed by atoms with Crippen LogP contribution < -0.4 is 10.1 Å². The van der Waals surface area contributed by atoms with E-state index < -0.39 is 0 Å². The number of anilines is 1. The van der Waals surface area contributed by atoms with Gasteiger partial charge < -0.3 is 10.1 Å². The summed E-state index contributed by atoms with van der Waals surface area (Å²) in [6.45, 7) is 7.35. The van der Waals surface area contributed by atoms with Crippen molar-refractivity contribution in [2.45, 2.75) is 46.6 Å². The molecule has 1 aromatic heterocycles. The Balaban J connectivity index is 1.44. The number of nitrogens with one attached hydrogen (secondary N) is 1. The zero-order valence-electron chi connectivity index (χ0n) is 22.8. The van der Waals surface area contributed by atoms with Crippen LogP contribution in [0.5, 0.6) is 5.75 Å². The van der Waals surface area contributed by atoms with Gasteiger partial charge in [0.05, 0.1) is 5.56 Å². The van der Waals surface area contributed by atoms with E-state index in [1.807, 2.05) is 66.9 Å². The first kappa shape index (κ1) is 28.6. The molecule has 0 fully saturated rings. The van der Waals surface area contributed by atoms with E-state index in [1.54, 1.807) is 23.5 Å². The van der Waals surface area contributed by atoms with Crippen molar-refractivity contribution in [3.8, 4) is 5.75 Å². The molecule has 0 saturated carbocycles. The van der Waals surface area contributed by atoms with Crippen molar-refractivity contribution < 1.29 is 9.53 Å². The normalized spacial score (nSPS) is 15.2. The Bertz CT molecular complexity index is 1520. The molecule has 40 heavy (non-hydrogen) atoms. The number of hydrogen-bond acceptors (Lipinski definition) is 4. The molecule has 1 aliphatic rings. The average molecular weight is 636 g/mol. The van der Waals surface area contributed by atoms with Crippen LogP contribution in [0.4, 0.5) is 10.7 Å². The SMILES string of the molecule is CC(C)(C)[C@@H]1CCc2c(sc(N=Cc3ccccc3OCc3ccc(Br)cc3)c2C(=O)Nc2ccc(Cl)cc2)C1. The van der Waals surface area contributed by atoms with Gasteiger partial charge in [-0.05, 0) is 90.3 Å². The standard InChI is InChI=1S/C33H32BrClN2O2S/c1-33(2,3)23-10-17-27-29(18-23)40-32(30(27)31(38)37-26-15-13-25(35)14-16-26)36-19-22-6-4-5-7-28(22)39-20-21-8-11-24(34)12-9-21/h4-9,11-16,19,23H,10,17-18,20H2,1-3H3,(H,37,38)/t23-/m1/s1. The number of nitrogens with zero attached hydrogens (tertiary/aromatic N) is 1. The summed E-state index contributed by atoms with van der Waals surface area (Å²) < 4.78 is 7.19. The minimum Gasteiger partial charge on any atom is -0.488 e. The molecule has 0 radical (unpaired) electrons. The second-order valence-electron chi connectivity index (χ2n) is 11.2. The van der Waals surface area contributed by atoms with Crippen molar-refractivity contribution in [2.75, 3.05) is 5.32 Å². The number of aliphatic imine (C=N–C) groups is 1. The van der Waals surface area contributed by atoms with Crippen molar-refractivity contribution in [2.24, 2.45) is 16.3 Å². The fraction of sp³-hybridized carbons (Fsp3) is 0.273. The van der Waals surface area contributed by atoms with Gasteiger partial charge in [0.25, 0.3) is 5.91 Å². The van der Waals surface area contributed by atoms with Crippen molar-refractivity contribution in [1.29, 1.82) is 0 Å². The molecule has 0 bridgehead atoms. The molecule has 1 heterocycles. The molecule has 4 aromatic rings. The van der Waals surface area contributed by atoms with Crippen molar-refractivity contribution >= 4 is 61.7 Å². The molecule has 0 saturated heterocycles. The van der Waals surface area contributed by atoms with Crippen LogP contribution in [-0.4, -0.2) is 12.1 Å². The number of amides is 1. The smallest absolute Gasteiger partial charge is 0.259 e. The van der Waals surface area contributed by atoms with Gasteiger partial charge in [0, 0.05) is 31.8 Å². The van der Waals surface area contributed by atoms with Crippen molar-refractivity contribution in [3.05, 3.63) is 109 Å². The Morgan fingerprint density at radius 2 is 1.82 bits per heavy atom. The third kappa shape index (κ3) is 6.85. The first-order valence-electron chi connectivity index (χ1n) is 13.4. The molecule has 4 nitrogen and oxygen atoms in total. The topological polar surface area (TPSA) is 50.7 Å². The lowest BCUT2D eigenvalue weighted by Gasteiger charge is -2.33. The van der Waals surface area contributed by atoms with E-state index in [2.05, 4.69) is 42.0 Å². The number of rotatable bonds is 7. The highest BCUT2D eigenvalue weighted by Gasteiger charge is 2.33. The maximum Gasteiger partial charge on any atom is 0.259 e. The fourth-order valence-electron chi connectivity index (χ4n) is 4.95. The summed E-state index contributed by atoms with van der Waals surface area (Å²) in [5, 5.41) is 4.42. The minimum absolute atomic E-state index is 0.138. The minimum atomic E-state index is -0.138. The Morgan fingerprint density at radius 3 is 2.55 bits per heavy atom. The van der Waals surface area contributed by atoms with Crippen LogP contribution in [0.2, 0.25) is 5.02 Å². The lowest BCUT2D eigenvalue weighted by molar-refractivity contribution is 0.102. The summed E-state index contributed by atoms with van der Waals surface area (Å²) in [5.41, 5.74) is 4.66. The van der Waals surface area contributed by atoms with E-state index in [4.69, 9.17) is 21.3 Å². The van der Waals surface area contributed by atoms with E-state index in [-0.39, 0.29) is 11.3 Å². The maximum atomic E-state index is 13.7. The lowest BCUT2D eigenvalue weighted by atomic mass is 9.72. The third-order valence-electron chi connectivity index (χ3n) is 7.35. The van der Waals surface area contributed by atoms with Gasteiger partial charge in [-0.1, -0.05) is 72.6 Å². The number of fused-ring (bicyclic) bond motifs is 1. The summed E-state index contributed by atoms with van der Waals surface area (Å²) in [6, 6.07) is 23.1. The van der Waals surface area contributed by atoms with Crippen LogP contribution >= 0.6 is 38.9 Å². The molecule has 1 aliphatic carbocycles. The highest BCUT2D eigenvalue weighted by Crippen LogP contribution is 2.45. The average Bonchev–Trinajstić information content (AvgIpc) is 3.30. The summed E-state index contributed by atoms with van der Waals surface area (Å²) in [5.74, 6) is 1.17. The van der Waals surface area contributed by atoms with Crippen LogP contribution in [0.1, 0.15) is 59.1 Å². The van der Waals surface area contributed by atoms with Gasteiger partial charge in [-0.15, -0.1) is 11.3 Å². The Morgan fingerprint density at radius 1 is 1.10 bits per heavy atom. The van der Waals surface area contributed by atoms with E-state index in [0.717, 1.165) is 51.2 Å². The molecule has 206 valence electrons. The molecule has 1 amide bonds. The molecule has 0 unspecified atom stereocenters. The Hall–Kier alpha value is -2.93. The van der Waals surface area contributed by atoms with Crippen LogP contribution in [0, 0.1) is 11.3 Å². The second-order valence-corrected chi connectivity index (χ2v) is 13.6. The molecule has 1 N–H and O–H groups in total. The monoisotopic (exact) mass is 634 g/mol. The van der Waals surface area contributed by atoms with Crippen LogP contribution in [0.15, 0.2) is 82.3 Å². The number of carbonyl (C=O) groups is 1. The van der Waals surface area contributed by atoms with Gasteiger partial charge >= 0.3 is 0 Å². The number of para-hydroxylation sites is 1. The molecule has 5 rings (SSSR count). The number of ether oxygens (including phenoxy) is 1. The maximum absolute atomic E-state index is 13.7. The van der Waals surface area contributed by atoms with Gasteiger partial charge in [-0.3, -0.25) is 4.79 Å². The molecular formula is C33H32BrClN2O2S. The zero-order chi connectivity index (χ0) is 28.3. The second kappa shape index (κ2) is 12.3. The van der Waals surface area contributed by atoms with Gasteiger partial charge in [-0.2, -0.15) is 0 Å². The largest absolute Gasteiger partial charge is 0.488 e. The summed E-state index contributed by atoms with van der Waals surface area (Å²) in [6.07, 6.45) is 4.71. The molecular weight excluding hydrogens is 604 g/mol. The highest BCUT2D eigenvalue weighted by molar-refractivity contribution is 9.10. The van der Waals surface area contributed by atoms with Crippen LogP contribution in [0.3, 0.4) is 0 Å². The van der Waals surface area contributed by atoms with Gasteiger partial charge in [0.2, 0.25) is 0 Å². The van der Waals surface area contributed by atoms with E-state index in [9.17, 15) is 4.79 Å². The van der Waals surface area contributed by atoms with Crippen LogP contribution in [-0.2, 0) is 19.4 Å². The molecule has 0 aliphatic heterocycles. The summed E-state index contributed by atoms with van der Waals surface area (Å²) >= 11 is 11.2. The van der Waals surface area contributed by atoms with E-state index in [0.29, 0.717) is 28.8 Å². The zero-order valence-corrected chi connectivity index (χ0v) is 26.0. The van der Waals surface area contributed by atoms with Crippen molar-refractivity contribution in [3.63, 3.8) is 0 Å². The van der Waals surface area contributed by atoms with E-state index >= 15 is 0 Å². The number of halogens is 2. The third-order valence-corrected chi connectivity index (χ3v) is 9.29. The first-order valence-corrected chi connectivity index (χ1v) is 15.4. The summed E-state index contributed by atoms with van der Waals surface area (Å²) in [7, 11) is 0. The Labute approximate surface area is 253 Å². The predicted molar refractivity (Wildman–Crippen MR) is 171 cm³/mol.